The van der Waals surface area contributed by atoms with Crippen molar-refractivity contribution >= 4 is 48.6 Å². The average Bonchev–Trinajstić information content (AvgIpc) is 3.98. The van der Waals surface area contributed by atoms with Crippen molar-refractivity contribution in [1.29, 1.82) is 0 Å². The van der Waals surface area contributed by atoms with Crippen LogP contribution in [0, 0.1) is 0 Å². The van der Waals surface area contributed by atoms with Crippen molar-refractivity contribution in [3.05, 3.63) is 258 Å². The smallest absolute Gasteiger partial charge is 0.0462 e. The second-order valence-corrected chi connectivity index (χ2v) is 20.0. The first-order valence-electron chi connectivity index (χ1n) is 23.4. The highest BCUT2D eigenvalue weighted by Gasteiger charge is 2.41. The van der Waals surface area contributed by atoms with Gasteiger partial charge in [0.05, 0.1) is 0 Å². The van der Waals surface area contributed by atoms with E-state index in [1.54, 1.807) is 0 Å². The number of fused-ring (bicyclic) bond motifs is 9. The molecule has 1 unspecified atom stereocenters. The molecular weight excluding hydrogens is 827 g/mol. The summed E-state index contributed by atoms with van der Waals surface area (Å²) >= 11 is 1.87. The van der Waals surface area contributed by atoms with Crippen LogP contribution in [0.2, 0.25) is 0 Å². The maximum atomic E-state index is 2.43. The van der Waals surface area contributed by atoms with Gasteiger partial charge in [0.15, 0.2) is 0 Å². The first-order chi connectivity index (χ1) is 32.9. The Hall–Kier alpha value is -7.78. The first kappa shape index (κ1) is 39.6. The van der Waals surface area contributed by atoms with Gasteiger partial charge in [-0.05, 0) is 145 Å². The van der Waals surface area contributed by atoms with E-state index in [9.17, 15) is 0 Å². The van der Waals surface area contributed by atoms with Crippen molar-refractivity contribution in [3.63, 3.8) is 0 Å². The minimum atomic E-state index is -0.250. The molecule has 318 valence electrons. The van der Waals surface area contributed by atoms with Gasteiger partial charge in [-0.25, -0.2) is 0 Å². The third kappa shape index (κ3) is 6.06. The molecular formula is C65H47NS. The van der Waals surface area contributed by atoms with Gasteiger partial charge < -0.3 is 4.90 Å². The Kier molecular flexibility index (Phi) is 8.94. The van der Waals surface area contributed by atoms with E-state index in [2.05, 4.69) is 256 Å². The Morgan fingerprint density at radius 3 is 1.55 bits per heavy atom. The van der Waals surface area contributed by atoms with Gasteiger partial charge in [0.25, 0.3) is 0 Å². The van der Waals surface area contributed by atoms with Crippen LogP contribution < -0.4 is 4.90 Å². The molecule has 1 nitrogen and oxygen atoms in total. The molecule has 0 saturated carbocycles. The lowest BCUT2D eigenvalue weighted by Crippen LogP contribution is -2.22. The maximum absolute atomic E-state index is 2.43. The van der Waals surface area contributed by atoms with Crippen molar-refractivity contribution in [2.45, 2.75) is 31.6 Å². The normalized spacial score (nSPS) is 15.3. The Labute approximate surface area is 396 Å². The lowest BCUT2D eigenvalue weighted by atomic mass is 9.74. The van der Waals surface area contributed by atoms with Gasteiger partial charge in [-0.15, -0.1) is 11.3 Å². The van der Waals surface area contributed by atoms with Crippen molar-refractivity contribution in [2.75, 3.05) is 4.90 Å². The van der Waals surface area contributed by atoms with Gasteiger partial charge in [-0.1, -0.05) is 190 Å². The summed E-state index contributed by atoms with van der Waals surface area (Å²) in [7, 11) is 0. The standard InChI is InChI=1S/C65H47NS/c1-64(2)57-23-10-7-18-53(57)55-22-13-21-51(63(55)64)44-31-38-49(39-32-44)66(48-36-29-43(30-37-48)50-20-14-26-61-62(50)56-19-9-12-25-60(56)67-61)47-34-27-42(28-35-47)45-33-40-54-52-17-8-11-24-58(52)65(3,59(54)41-45)46-15-5-4-6-16-46/h4-41H,1-3H3. The monoisotopic (exact) mass is 873 g/mol. The Balaban J connectivity index is 0.900. The largest absolute Gasteiger partial charge is 0.311 e. The van der Waals surface area contributed by atoms with E-state index in [0.29, 0.717) is 0 Å². The summed E-state index contributed by atoms with van der Waals surface area (Å²) in [6.07, 6.45) is 0. The Morgan fingerprint density at radius 2 is 0.836 bits per heavy atom. The van der Waals surface area contributed by atoms with Crippen LogP contribution in [-0.4, -0.2) is 0 Å². The minimum absolute atomic E-state index is 0.0979. The molecule has 1 heterocycles. The predicted octanol–water partition coefficient (Wildman–Crippen LogP) is 18.2. The minimum Gasteiger partial charge on any atom is -0.311 e. The second kappa shape index (κ2) is 15.1. The molecule has 0 N–H and O–H groups in total. The van der Waals surface area contributed by atoms with E-state index in [-0.39, 0.29) is 10.8 Å². The average molecular weight is 874 g/mol. The van der Waals surface area contributed by atoms with Crippen LogP contribution in [0.4, 0.5) is 17.1 Å². The molecule has 1 aromatic heterocycles. The molecule has 2 aliphatic rings. The first-order valence-corrected chi connectivity index (χ1v) is 24.2. The van der Waals surface area contributed by atoms with Gasteiger partial charge >= 0.3 is 0 Å². The lowest BCUT2D eigenvalue weighted by Gasteiger charge is -2.28. The molecule has 0 aliphatic heterocycles. The molecule has 0 amide bonds. The summed E-state index contributed by atoms with van der Waals surface area (Å²) in [5, 5.41) is 2.65. The number of anilines is 3. The van der Waals surface area contributed by atoms with Crippen LogP contribution in [0.15, 0.2) is 231 Å². The molecule has 0 radical (unpaired) electrons. The lowest BCUT2D eigenvalue weighted by molar-refractivity contribution is 0.662. The number of rotatable bonds is 7. The molecule has 11 aromatic rings. The topological polar surface area (TPSA) is 3.24 Å². The summed E-state index contributed by atoms with van der Waals surface area (Å²) < 4.78 is 2.64. The summed E-state index contributed by atoms with van der Waals surface area (Å²) in [6, 6.07) is 85.8. The van der Waals surface area contributed by atoms with Gasteiger partial charge in [-0.2, -0.15) is 0 Å². The third-order valence-electron chi connectivity index (χ3n) is 15.0. The fourth-order valence-electron chi connectivity index (χ4n) is 11.7. The highest BCUT2D eigenvalue weighted by Crippen LogP contribution is 2.54. The van der Waals surface area contributed by atoms with Crippen LogP contribution in [-0.2, 0) is 10.8 Å². The zero-order valence-electron chi connectivity index (χ0n) is 37.8. The van der Waals surface area contributed by atoms with E-state index in [1.165, 1.54) is 104 Å². The van der Waals surface area contributed by atoms with Crippen molar-refractivity contribution in [1.82, 2.24) is 0 Å². The van der Waals surface area contributed by atoms with Crippen molar-refractivity contribution in [2.24, 2.45) is 0 Å². The highest BCUT2D eigenvalue weighted by molar-refractivity contribution is 7.25. The van der Waals surface area contributed by atoms with E-state index in [4.69, 9.17) is 0 Å². The molecule has 2 aliphatic carbocycles. The number of nitrogens with zero attached hydrogens (tertiary/aromatic N) is 1. The van der Waals surface area contributed by atoms with Gasteiger partial charge in [0, 0.05) is 48.1 Å². The fourth-order valence-corrected chi connectivity index (χ4v) is 12.8. The van der Waals surface area contributed by atoms with Crippen LogP contribution >= 0.6 is 11.3 Å². The quantitative estimate of drug-likeness (QED) is 0.154. The number of hydrogen-bond acceptors (Lipinski definition) is 2. The molecule has 2 heteroatoms. The zero-order chi connectivity index (χ0) is 44.9. The number of benzene rings is 10. The molecule has 0 fully saturated rings. The van der Waals surface area contributed by atoms with Crippen LogP contribution in [0.25, 0.3) is 75.8 Å². The summed E-state index contributed by atoms with van der Waals surface area (Å²) in [6.45, 7) is 7.13. The summed E-state index contributed by atoms with van der Waals surface area (Å²) in [5.41, 5.74) is 22.5. The van der Waals surface area contributed by atoms with E-state index in [1.807, 2.05) is 11.3 Å². The second-order valence-electron chi connectivity index (χ2n) is 18.9. The van der Waals surface area contributed by atoms with Crippen LogP contribution in [0.1, 0.15) is 48.6 Å². The number of thiophene rings is 1. The number of hydrogen-bond donors (Lipinski definition) is 0. The van der Waals surface area contributed by atoms with Crippen molar-refractivity contribution < 1.29 is 0 Å². The van der Waals surface area contributed by atoms with E-state index >= 15 is 0 Å². The Bertz CT molecular complexity index is 3710. The van der Waals surface area contributed by atoms with E-state index in [0.717, 1.165) is 17.1 Å². The molecule has 13 rings (SSSR count). The molecule has 10 aromatic carbocycles. The molecule has 67 heavy (non-hydrogen) atoms. The molecule has 0 spiro atoms. The zero-order valence-corrected chi connectivity index (χ0v) is 38.6. The fraction of sp³-hybridized carbons (Fsp3) is 0.0769. The van der Waals surface area contributed by atoms with Crippen LogP contribution in [0.5, 0.6) is 0 Å². The van der Waals surface area contributed by atoms with Gasteiger partial charge in [0.2, 0.25) is 0 Å². The predicted molar refractivity (Wildman–Crippen MR) is 285 cm³/mol. The molecule has 0 saturated heterocycles. The summed E-state index contributed by atoms with van der Waals surface area (Å²) in [4.78, 5) is 2.40. The van der Waals surface area contributed by atoms with Gasteiger partial charge in [0.1, 0.15) is 0 Å². The SMILES string of the molecule is CC1(C)c2ccccc2-c2cccc(-c3ccc(N(c4ccc(-c5ccc6c(c5)C(C)(c5ccccc5)c5ccccc5-6)cc4)c4ccc(-c5cccc6sc7ccccc7c56)cc4)cc3)c21. The molecule has 1 atom stereocenters. The van der Waals surface area contributed by atoms with Gasteiger partial charge in [-0.3, -0.25) is 0 Å². The van der Waals surface area contributed by atoms with Crippen LogP contribution in [0.3, 0.4) is 0 Å². The third-order valence-corrected chi connectivity index (χ3v) is 16.1. The maximum Gasteiger partial charge on any atom is 0.0462 e. The summed E-state index contributed by atoms with van der Waals surface area (Å²) in [5.74, 6) is 0. The Morgan fingerprint density at radius 1 is 0.343 bits per heavy atom. The highest BCUT2D eigenvalue weighted by atomic mass is 32.1. The molecule has 0 bridgehead atoms. The van der Waals surface area contributed by atoms with E-state index < -0.39 is 0 Å². The van der Waals surface area contributed by atoms with Crippen molar-refractivity contribution in [3.8, 4) is 55.6 Å².